The number of benzene rings is 2. The number of carbonyl (C=O) groups excluding carboxylic acids is 1. The smallest absolute Gasteiger partial charge is 0.227 e. The third-order valence-corrected chi connectivity index (χ3v) is 5.16. The summed E-state index contributed by atoms with van der Waals surface area (Å²) in [6.07, 6.45) is 5.42. The van der Waals surface area contributed by atoms with Gasteiger partial charge in [-0.1, -0.05) is 54.6 Å². The molecule has 2 aliphatic carbocycles. The summed E-state index contributed by atoms with van der Waals surface area (Å²) in [4.78, 5) is 12.8. The Bertz CT molecular complexity index is 709. The first-order valence-electron chi connectivity index (χ1n) is 7.82. The second kappa shape index (κ2) is 4.98. The van der Waals surface area contributed by atoms with Gasteiger partial charge in [-0.2, -0.15) is 0 Å². The van der Waals surface area contributed by atoms with Crippen molar-refractivity contribution in [3.8, 4) is 0 Å². The Kier molecular flexibility index (Phi) is 3.07. The maximum Gasteiger partial charge on any atom is 0.227 e. The topological polar surface area (TPSA) is 29.1 Å². The van der Waals surface area contributed by atoms with Crippen LogP contribution in [0.25, 0.3) is 0 Å². The number of fused-ring (bicyclic) bond motifs is 4. The highest BCUT2D eigenvalue weighted by Gasteiger charge is 2.56. The van der Waals surface area contributed by atoms with E-state index in [-0.39, 0.29) is 11.8 Å². The highest BCUT2D eigenvalue weighted by Crippen LogP contribution is 2.61. The number of amides is 1. The fraction of sp³-hybridized carbons (Fsp3) is 0.250. The minimum absolute atomic E-state index is 0.0957. The molecule has 1 fully saturated rings. The summed E-state index contributed by atoms with van der Waals surface area (Å²) in [5.41, 5.74) is 3.26. The van der Waals surface area contributed by atoms with Gasteiger partial charge in [0, 0.05) is 13.5 Å². The van der Waals surface area contributed by atoms with E-state index in [4.69, 9.17) is 0 Å². The first kappa shape index (κ1) is 13.6. The average Bonchev–Trinajstić information content (AvgIpc) is 2.90. The van der Waals surface area contributed by atoms with Gasteiger partial charge >= 0.3 is 0 Å². The molecule has 0 saturated heterocycles. The van der Waals surface area contributed by atoms with Crippen molar-refractivity contribution in [3.63, 3.8) is 0 Å². The largest absolute Gasteiger partial charge is 0.359 e. The maximum atomic E-state index is 12.8. The number of hydrogen-bond donors (Lipinski definition) is 1. The lowest BCUT2D eigenvalue weighted by Crippen LogP contribution is -2.43. The van der Waals surface area contributed by atoms with Gasteiger partial charge in [0.2, 0.25) is 5.91 Å². The molecule has 1 amide bonds. The molecule has 1 saturated carbocycles. The van der Waals surface area contributed by atoms with Crippen molar-refractivity contribution in [2.24, 2.45) is 5.41 Å². The quantitative estimate of drug-likeness (QED) is 0.901. The van der Waals surface area contributed by atoms with Crippen molar-refractivity contribution in [2.45, 2.75) is 18.3 Å². The molecule has 0 heterocycles. The average molecular weight is 289 g/mol. The van der Waals surface area contributed by atoms with Gasteiger partial charge < -0.3 is 5.32 Å². The normalized spacial score (nSPS) is 29.0. The second-order valence-electron chi connectivity index (χ2n) is 6.26. The van der Waals surface area contributed by atoms with Crippen LogP contribution in [0.5, 0.6) is 0 Å². The van der Waals surface area contributed by atoms with Gasteiger partial charge in [0.05, 0.1) is 5.41 Å². The lowest BCUT2D eigenvalue weighted by molar-refractivity contribution is -0.127. The van der Waals surface area contributed by atoms with Crippen molar-refractivity contribution in [1.29, 1.82) is 0 Å². The Balaban J connectivity index is 1.84. The fourth-order valence-corrected chi connectivity index (χ4v) is 4.18. The molecule has 4 rings (SSSR count). The molecule has 3 unspecified atom stereocenters. The van der Waals surface area contributed by atoms with Gasteiger partial charge in [0.15, 0.2) is 0 Å². The molecule has 1 N–H and O–H groups in total. The molecule has 0 aromatic heterocycles. The van der Waals surface area contributed by atoms with E-state index in [1.54, 1.807) is 7.05 Å². The minimum Gasteiger partial charge on any atom is -0.359 e. The predicted octanol–water partition coefficient (Wildman–Crippen LogP) is 3.46. The monoisotopic (exact) mass is 289 g/mol. The summed E-state index contributed by atoms with van der Waals surface area (Å²) >= 11 is 0. The molecule has 2 heteroatoms. The SMILES string of the molecule is CNC(=O)C12[CH]c3ccccc3C([CH]1)CC2c1ccccc1. The van der Waals surface area contributed by atoms with E-state index in [0.29, 0.717) is 5.92 Å². The van der Waals surface area contributed by atoms with Gasteiger partial charge in [-0.15, -0.1) is 0 Å². The van der Waals surface area contributed by atoms with Crippen LogP contribution in [0.4, 0.5) is 0 Å². The summed E-state index contributed by atoms with van der Waals surface area (Å²) in [6.45, 7) is 0. The lowest BCUT2D eigenvalue weighted by Gasteiger charge is -2.36. The Morgan fingerprint density at radius 1 is 1.09 bits per heavy atom. The van der Waals surface area contributed by atoms with E-state index in [2.05, 4.69) is 66.7 Å². The molecular formula is C20H19NO. The zero-order chi connectivity index (χ0) is 15.2. The van der Waals surface area contributed by atoms with Gasteiger partial charge in [-0.3, -0.25) is 4.79 Å². The molecule has 2 nitrogen and oxygen atoms in total. The summed E-state index contributed by atoms with van der Waals surface area (Å²) < 4.78 is 0. The molecule has 3 atom stereocenters. The van der Waals surface area contributed by atoms with Gasteiger partial charge in [-0.25, -0.2) is 0 Å². The lowest BCUT2D eigenvalue weighted by atomic mass is 9.67. The van der Waals surface area contributed by atoms with Crippen LogP contribution in [0, 0.1) is 18.3 Å². The van der Waals surface area contributed by atoms with E-state index < -0.39 is 5.41 Å². The molecule has 0 spiro atoms. The number of hydrogen-bond acceptors (Lipinski definition) is 1. The molecule has 2 radical (unpaired) electrons. The zero-order valence-corrected chi connectivity index (χ0v) is 12.6. The van der Waals surface area contributed by atoms with E-state index in [1.807, 2.05) is 6.07 Å². The standard InChI is InChI=1S/C20H19NO/c1-21-19(22)20-12-15-9-5-6-10-17(15)16(13-20)11-18(20)14-7-3-2-4-8-14/h2-10,12-13,16,18H,11H2,1H3,(H,21,22). The zero-order valence-electron chi connectivity index (χ0n) is 12.6. The van der Waals surface area contributed by atoms with Crippen LogP contribution in [-0.2, 0) is 4.79 Å². The molecule has 110 valence electrons. The highest BCUT2D eigenvalue weighted by molar-refractivity contribution is 5.89. The van der Waals surface area contributed by atoms with E-state index >= 15 is 0 Å². The second-order valence-corrected chi connectivity index (χ2v) is 6.26. The van der Waals surface area contributed by atoms with Gasteiger partial charge in [0.1, 0.15) is 0 Å². The number of nitrogens with one attached hydrogen (secondary N) is 1. The van der Waals surface area contributed by atoms with Crippen molar-refractivity contribution in [3.05, 3.63) is 84.1 Å². The molecule has 0 aliphatic heterocycles. The molecule has 2 aromatic rings. The first-order valence-corrected chi connectivity index (χ1v) is 7.82. The van der Waals surface area contributed by atoms with Crippen molar-refractivity contribution in [2.75, 3.05) is 7.05 Å². The molecule has 22 heavy (non-hydrogen) atoms. The third kappa shape index (κ3) is 1.83. The van der Waals surface area contributed by atoms with Crippen LogP contribution in [0.15, 0.2) is 54.6 Å². The Morgan fingerprint density at radius 3 is 2.59 bits per heavy atom. The summed E-state index contributed by atoms with van der Waals surface area (Å²) in [7, 11) is 1.73. The molecule has 2 bridgehead atoms. The summed E-state index contributed by atoms with van der Waals surface area (Å²) in [6, 6.07) is 18.9. The number of carbonyl (C=O) groups is 1. The van der Waals surface area contributed by atoms with Crippen LogP contribution in [0.3, 0.4) is 0 Å². The van der Waals surface area contributed by atoms with Gasteiger partial charge in [-0.05, 0) is 41.4 Å². The minimum atomic E-state index is -0.533. The highest BCUT2D eigenvalue weighted by atomic mass is 16.2. The van der Waals surface area contributed by atoms with E-state index in [9.17, 15) is 4.79 Å². The van der Waals surface area contributed by atoms with Gasteiger partial charge in [0.25, 0.3) is 0 Å². The molecular weight excluding hydrogens is 270 g/mol. The van der Waals surface area contributed by atoms with E-state index in [1.165, 1.54) is 16.7 Å². The molecule has 2 aliphatic rings. The van der Waals surface area contributed by atoms with Crippen LogP contribution in [0.1, 0.15) is 34.9 Å². The van der Waals surface area contributed by atoms with Crippen molar-refractivity contribution in [1.82, 2.24) is 5.32 Å². The first-order chi connectivity index (χ1) is 10.7. The van der Waals surface area contributed by atoms with Crippen LogP contribution < -0.4 is 5.32 Å². The Morgan fingerprint density at radius 2 is 1.82 bits per heavy atom. The summed E-state index contributed by atoms with van der Waals surface area (Å²) in [5.74, 6) is 0.646. The predicted molar refractivity (Wildman–Crippen MR) is 87.2 cm³/mol. The van der Waals surface area contributed by atoms with Crippen LogP contribution in [0.2, 0.25) is 0 Å². The maximum absolute atomic E-state index is 12.8. The van der Waals surface area contributed by atoms with Crippen LogP contribution >= 0.6 is 0 Å². The Hall–Kier alpha value is -2.09. The summed E-state index contributed by atoms with van der Waals surface area (Å²) in [5, 5.41) is 2.88. The number of rotatable bonds is 2. The van der Waals surface area contributed by atoms with Crippen molar-refractivity contribution >= 4 is 5.91 Å². The van der Waals surface area contributed by atoms with E-state index in [0.717, 1.165) is 6.42 Å². The van der Waals surface area contributed by atoms with Crippen LogP contribution in [-0.4, -0.2) is 13.0 Å². The third-order valence-electron chi connectivity index (χ3n) is 5.16. The fourth-order valence-electron chi connectivity index (χ4n) is 4.18. The Labute approximate surface area is 131 Å². The molecule has 2 aromatic carbocycles. The van der Waals surface area contributed by atoms with Crippen molar-refractivity contribution < 1.29 is 4.79 Å².